The van der Waals surface area contributed by atoms with E-state index in [1.165, 1.54) is 0 Å². The Morgan fingerprint density at radius 2 is 2.31 bits per heavy atom. The highest BCUT2D eigenvalue weighted by molar-refractivity contribution is 5.69. The number of hydrogen-bond donors (Lipinski definition) is 1. The van der Waals surface area contributed by atoms with Crippen molar-refractivity contribution in [3.8, 4) is 11.5 Å². The number of carbonyl (C=O) groups is 1. The van der Waals surface area contributed by atoms with E-state index in [2.05, 4.69) is 10.1 Å². The lowest BCUT2D eigenvalue weighted by Crippen LogP contribution is -2.01. The molecule has 0 aliphatic rings. The van der Waals surface area contributed by atoms with E-state index in [1.807, 2.05) is 31.2 Å². The van der Waals surface area contributed by atoms with E-state index >= 15 is 0 Å². The van der Waals surface area contributed by atoms with Crippen molar-refractivity contribution in [3.05, 3.63) is 35.7 Å². The number of aryl methyl sites for hydroxylation is 1. The van der Waals surface area contributed by atoms with Crippen molar-refractivity contribution in [2.45, 2.75) is 13.3 Å². The van der Waals surface area contributed by atoms with E-state index in [0.29, 0.717) is 5.89 Å². The van der Waals surface area contributed by atoms with Crippen LogP contribution in [0.4, 0.5) is 0 Å². The van der Waals surface area contributed by atoms with Gasteiger partial charge in [0.1, 0.15) is 6.42 Å². The summed E-state index contributed by atoms with van der Waals surface area (Å²) in [5.74, 6) is -0.444. The SMILES string of the molecule is Cc1cccc(-c2nc(CC(=O)O)no2)c1. The van der Waals surface area contributed by atoms with Gasteiger partial charge in [-0.05, 0) is 19.1 Å². The first-order valence-electron chi connectivity index (χ1n) is 4.76. The summed E-state index contributed by atoms with van der Waals surface area (Å²) in [6, 6.07) is 7.58. The standard InChI is InChI=1S/C11H10N2O3/c1-7-3-2-4-8(5-7)11-12-9(13-16-11)6-10(14)15/h2-5H,6H2,1H3,(H,14,15). The van der Waals surface area contributed by atoms with Gasteiger partial charge in [0.15, 0.2) is 5.82 Å². The van der Waals surface area contributed by atoms with Crippen LogP contribution in [0.3, 0.4) is 0 Å². The molecule has 0 saturated heterocycles. The van der Waals surface area contributed by atoms with Crippen molar-refractivity contribution in [3.63, 3.8) is 0 Å². The Kier molecular flexibility index (Phi) is 2.68. The maximum absolute atomic E-state index is 10.4. The summed E-state index contributed by atoms with van der Waals surface area (Å²) < 4.78 is 4.98. The highest BCUT2D eigenvalue weighted by atomic mass is 16.5. The molecule has 0 unspecified atom stereocenters. The van der Waals surface area contributed by atoms with Gasteiger partial charge in [-0.1, -0.05) is 22.9 Å². The van der Waals surface area contributed by atoms with Crippen LogP contribution >= 0.6 is 0 Å². The maximum Gasteiger partial charge on any atom is 0.311 e. The minimum absolute atomic E-state index is 0.184. The normalized spacial score (nSPS) is 10.3. The molecule has 5 heteroatoms. The first-order chi connectivity index (χ1) is 7.65. The van der Waals surface area contributed by atoms with Gasteiger partial charge in [-0.25, -0.2) is 0 Å². The van der Waals surface area contributed by atoms with Crippen molar-refractivity contribution in [1.29, 1.82) is 0 Å². The van der Waals surface area contributed by atoms with Gasteiger partial charge < -0.3 is 9.63 Å². The molecule has 1 heterocycles. The number of hydrogen-bond acceptors (Lipinski definition) is 4. The monoisotopic (exact) mass is 218 g/mol. The highest BCUT2D eigenvalue weighted by Gasteiger charge is 2.11. The lowest BCUT2D eigenvalue weighted by atomic mass is 10.1. The summed E-state index contributed by atoms with van der Waals surface area (Å²) in [6.07, 6.45) is -0.227. The summed E-state index contributed by atoms with van der Waals surface area (Å²) in [5, 5.41) is 12.2. The lowest BCUT2D eigenvalue weighted by molar-refractivity contribution is -0.136. The van der Waals surface area contributed by atoms with Crippen molar-refractivity contribution >= 4 is 5.97 Å². The van der Waals surface area contributed by atoms with Gasteiger partial charge in [0.2, 0.25) is 0 Å². The number of benzene rings is 1. The van der Waals surface area contributed by atoms with Crippen molar-refractivity contribution in [2.24, 2.45) is 0 Å². The number of aliphatic carboxylic acids is 1. The zero-order chi connectivity index (χ0) is 11.5. The van der Waals surface area contributed by atoms with E-state index in [0.717, 1.165) is 11.1 Å². The van der Waals surface area contributed by atoms with Crippen LogP contribution in [0, 0.1) is 6.92 Å². The second kappa shape index (κ2) is 4.14. The van der Waals surface area contributed by atoms with E-state index in [1.54, 1.807) is 0 Å². The number of carboxylic acid groups (broad SMARTS) is 1. The Hall–Kier alpha value is -2.17. The van der Waals surface area contributed by atoms with E-state index in [9.17, 15) is 4.79 Å². The van der Waals surface area contributed by atoms with E-state index < -0.39 is 5.97 Å². The van der Waals surface area contributed by atoms with Gasteiger partial charge in [0.25, 0.3) is 5.89 Å². The molecule has 0 fully saturated rings. The Bertz CT molecular complexity index is 519. The molecule has 0 atom stereocenters. The van der Waals surface area contributed by atoms with Crippen LogP contribution in [0.25, 0.3) is 11.5 Å². The van der Waals surface area contributed by atoms with Crippen LogP contribution in [-0.4, -0.2) is 21.2 Å². The fraction of sp³-hybridized carbons (Fsp3) is 0.182. The van der Waals surface area contributed by atoms with Crippen LogP contribution in [0.15, 0.2) is 28.8 Å². The fourth-order valence-corrected chi connectivity index (χ4v) is 1.36. The molecular weight excluding hydrogens is 208 g/mol. The third kappa shape index (κ3) is 2.25. The third-order valence-corrected chi connectivity index (χ3v) is 2.04. The molecule has 82 valence electrons. The zero-order valence-corrected chi connectivity index (χ0v) is 8.67. The van der Waals surface area contributed by atoms with Crippen LogP contribution in [0.5, 0.6) is 0 Å². The fourth-order valence-electron chi connectivity index (χ4n) is 1.36. The summed E-state index contributed by atoms with van der Waals surface area (Å²) in [4.78, 5) is 14.5. The molecule has 0 bridgehead atoms. The minimum Gasteiger partial charge on any atom is -0.481 e. The Morgan fingerprint density at radius 3 is 3.00 bits per heavy atom. The van der Waals surface area contributed by atoms with Gasteiger partial charge in [0, 0.05) is 5.56 Å². The maximum atomic E-state index is 10.4. The third-order valence-electron chi connectivity index (χ3n) is 2.04. The van der Waals surface area contributed by atoms with Gasteiger partial charge in [-0.2, -0.15) is 4.98 Å². The summed E-state index contributed by atoms with van der Waals surface area (Å²) in [7, 11) is 0. The second-order valence-electron chi connectivity index (χ2n) is 3.46. The molecule has 0 spiro atoms. The molecule has 16 heavy (non-hydrogen) atoms. The zero-order valence-electron chi connectivity index (χ0n) is 8.67. The highest BCUT2D eigenvalue weighted by Crippen LogP contribution is 2.18. The molecule has 0 amide bonds. The lowest BCUT2D eigenvalue weighted by Gasteiger charge is -1.94. The Labute approximate surface area is 91.7 Å². The molecule has 0 saturated carbocycles. The summed E-state index contributed by atoms with van der Waals surface area (Å²) >= 11 is 0. The topological polar surface area (TPSA) is 76.2 Å². The number of carboxylic acids is 1. The predicted octanol–water partition coefficient (Wildman–Crippen LogP) is 1.67. The Balaban J connectivity index is 2.28. The van der Waals surface area contributed by atoms with Crippen LogP contribution < -0.4 is 0 Å². The van der Waals surface area contributed by atoms with Crippen molar-refractivity contribution < 1.29 is 14.4 Å². The van der Waals surface area contributed by atoms with Crippen LogP contribution in [0.2, 0.25) is 0 Å². The average molecular weight is 218 g/mol. The molecule has 0 aliphatic carbocycles. The smallest absolute Gasteiger partial charge is 0.311 e. The van der Waals surface area contributed by atoms with Crippen LogP contribution in [-0.2, 0) is 11.2 Å². The second-order valence-corrected chi connectivity index (χ2v) is 3.46. The molecule has 5 nitrogen and oxygen atoms in total. The average Bonchev–Trinajstić information content (AvgIpc) is 2.65. The van der Waals surface area contributed by atoms with Crippen molar-refractivity contribution in [2.75, 3.05) is 0 Å². The van der Waals surface area contributed by atoms with Gasteiger partial charge in [-0.15, -0.1) is 0 Å². The predicted molar refractivity (Wildman–Crippen MR) is 55.8 cm³/mol. The van der Waals surface area contributed by atoms with Gasteiger partial charge in [-0.3, -0.25) is 4.79 Å². The molecule has 1 N–H and O–H groups in total. The van der Waals surface area contributed by atoms with Crippen molar-refractivity contribution in [1.82, 2.24) is 10.1 Å². The molecule has 0 aliphatic heterocycles. The van der Waals surface area contributed by atoms with E-state index in [4.69, 9.17) is 9.63 Å². The van der Waals surface area contributed by atoms with Gasteiger partial charge >= 0.3 is 5.97 Å². The first-order valence-corrected chi connectivity index (χ1v) is 4.76. The number of nitrogens with zero attached hydrogens (tertiary/aromatic N) is 2. The molecule has 2 rings (SSSR count). The minimum atomic E-state index is -0.975. The van der Waals surface area contributed by atoms with Gasteiger partial charge in [0.05, 0.1) is 0 Å². The summed E-state index contributed by atoms with van der Waals surface area (Å²) in [5.41, 5.74) is 1.87. The number of aromatic nitrogens is 2. The molecular formula is C11H10N2O3. The first kappa shape index (κ1) is 10.4. The molecule has 1 aromatic heterocycles. The van der Waals surface area contributed by atoms with Crippen LogP contribution in [0.1, 0.15) is 11.4 Å². The quantitative estimate of drug-likeness (QED) is 0.847. The Morgan fingerprint density at radius 1 is 1.50 bits per heavy atom. The van der Waals surface area contributed by atoms with E-state index in [-0.39, 0.29) is 12.2 Å². The largest absolute Gasteiger partial charge is 0.481 e. The molecule has 1 aromatic carbocycles. The molecule has 0 radical (unpaired) electrons. The summed E-state index contributed by atoms with van der Waals surface area (Å²) in [6.45, 7) is 1.96. The number of rotatable bonds is 3. The molecule has 2 aromatic rings.